The first kappa shape index (κ1) is 19.9. The third-order valence-corrected chi connectivity index (χ3v) is 5.94. The Balaban J connectivity index is 1.62. The molecule has 0 unspecified atom stereocenters. The van der Waals surface area contributed by atoms with Gasteiger partial charge in [-0.3, -0.25) is 9.59 Å². The zero-order chi connectivity index (χ0) is 20.3. The van der Waals surface area contributed by atoms with E-state index in [1.54, 1.807) is 12.1 Å². The highest BCUT2D eigenvalue weighted by Crippen LogP contribution is 2.30. The summed E-state index contributed by atoms with van der Waals surface area (Å²) in [5, 5.41) is 2.68. The van der Waals surface area contributed by atoms with Gasteiger partial charge in [0.1, 0.15) is 19.3 Å². The van der Waals surface area contributed by atoms with E-state index >= 15 is 0 Å². The lowest BCUT2D eigenvalue weighted by atomic mass is 10.2. The summed E-state index contributed by atoms with van der Waals surface area (Å²) in [7, 11) is -0.923. The van der Waals surface area contributed by atoms with Gasteiger partial charge in [-0.15, -0.1) is 0 Å². The highest BCUT2D eigenvalue weighted by Gasteiger charge is 2.22. The maximum Gasteiger partial charge on any atom is 0.251 e. The summed E-state index contributed by atoms with van der Waals surface area (Å²) in [5.74, 6) is 0.810. The normalized spacial score (nSPS) is 16.0. The molecule has 1 atom stereocenters. The summed E-state index contributed by atoms with van der Waals surface area (Å²) >= 11 is 0. The Labute approximate surface area is 162 Å². The molecular weight excluding hydrogens is 386 g/mol. The lowest BCUT2D eigenvalue weighted by Gasteiger charge is -2.26. The van der Waals surface area contributed by atoms with Crippen molar-refractivity contribution in [2.45, 2.75) is 17.5 Å². The molecule has 3 rings (SSSR count). The highest BCUT2D eigenvalue weighted by atomic mass is 32.2. The molecule has 150 valence electrons. The molecule has 1 aromatic carbocycles. The molecule has 0 spiro atoms. The minimum atomic E-state index is -3.70. The van der Waals surface area contributed by atoms with Gasteiger partial charge in [-0.1, -0.05) is 12.1 Å². The molecule has 2 heterocycles. The number of ether oxygens (including phenoxy) is 2. The van der Waals surface area contributed by atoms with Crippen molar-refractivity contribution in [1.82, 2.24) is 14.2 Å². The fraction of sp³-hybridized carbons (Fsp3) is 0.333. The van der Waals surface area contributed by atoms with Crippen molar-refractivity contribution in [2.75, 3.05) is 27.2 Å². The predicted molar refractivity (Wildman–Crippen MR) is 101 cm³/mol. The van der Waals surface area contributed by atoms with Crippen molar-refractivity contribution in [3.05, 3.63) is 52.9 Å². The number of nitrogens with zero attached hydrogens (tertiary/aromatic N) is 2. The van der Waals surface area contributed by atoms with Crippen LogP contribution in [0.3, 0.4) is 0 Å². The summed E-state index contributed by atoms with van der Waals surface area (Å²) in [6, 6.07) is 9.58. The van der Waals surface area contributed by atoms with Crippen molar-refractivity contribution in [3.8, 4) is 11.5 Å². The van der Waals surface area contributed by atoms with Crippen molar-refractivity contribution >= 4 is 15.9 Å². The van der Waals surface area contributed by atoms with Gasteiger partial charge in [0.2, 0.25) is 15.9 Å². The number of sulfonamides is 1. The number of benzene rings is 1. The van der Waals surface area contributed by atoms with Crippen LogP contribution >= 0.6 is 0 Å². The topological polar surface area (TPSA) is 107 Å². The summed E-state index contributed by atoms with van der Waals surface area (Å²) in [5.41, 5.74) is -0.473. The van der Waals surface area contributed by atoms with E-state index in [2.05, 4.69) is 5.32 Å². The summed E-state index contributed by atoms with van der Waals surface area (Å²) < 4.78 is 37.8. The largest absolute Gasteiger partial charge is 0.486 e. The molecule has 10 heteroatoms. The Kier molecular flexibility index (Phi) is 5.71. The number of amides is 1. The van der Waals surface area contributed by atoms with E-state index in [1.807, 2.05) is 12.1 Å². The quantitative estimate of drug-likeness (QED) is 0.725. The summed E-state index contributed by atoms with van der Waals surface area (Å²) in [6.45, 7) is 0.172. The van der Waals surface area contributed by atoms with E-state index in [0.717, 1.165) is 21.1 Å². The molecule has 0 fully saturated rings. The van der Waals surface area contributed by atoms with Crippen LogP contribution in [0, 0.1) is 0 Å². The third kappa shape index (κ3) is 4.34. The van der Waals surface area contributed by atoms with Crippen LogP contribution in [0.4, 0.5) is 0 Å². The van der Waals surface area contributed by atoms with Gasteiger partial charge in [-0.25, -0.2) is 12.7 Å². The van der Waals surface area contributed by atoms with Crippen LogP contribution in [0.15, 0.2) is 52.3 Å². The Hall–Kier alpha value is -2.85. The van der Waals surface area contributed by atoms with Crippen molar-refractivity contribution in [3.63, 3.8) is 0 Å². The molecule has 0 saturated heterocycles. The Morgan fingerprint density at radius 3 is 2.64 bits per heavy atom. The number of para-hydroxylation sites is 2. The number of carbonyl (C=O) groups excluding carboxylic acids is 1. The van der Waals surface area contributed by atoms with Gasteiger partial charge in [-0.2, -0.15) is 0 Å². The maximum atomic E-state index is 12.2. The number of carbonyl (C=O) groups is 1. The number of fused-ring (bicyclic) bond motifs is 1. The molecule has 0 saturated carbocycles. The van der Waals surface area contributed by atoms with Crippen LogP contribution in [-0.4, -0.2) is 56.5 Å². The third-order valence-electron chi connectivity index (χ3n) is 4.14. The monoisotopic (exact) mass is 407 g/mol. The zero-order valence-corrected chi connectivity index (χ0v) is 16.3. The Bertz CT molecular complexity index is 1030. The number of rotatable bonds is 6. The van der Waals surface area contributed by atoms with E-state index in [4.69, 9.17) is 9.47 Å². The molecule has 0 bridgehead atoms. The lowest BCUT2D eigenvalue weighted by Crippen LogP contribution is -2.42. The SMILES string of the molecule is CN(C)S(=O)(=O)c1ccc(=O)n(CC(=O)NC[C@H]2COc3ccccc3O2)c1. The van der Waals surface area contributed by atoms with E-state index in [1.165, 1.54) is 20.2 Å². The summed E-state index contributed by atoms with van der Waals surface area (Å²) in [6.07, 6.45) is 0.796. The van der Waals surface area contributed by atoms with Crippen molar-refractivity contribution < 1.29 is 22.7 Å². The number of aromatic nitrogens is 1. The molecule has 2 aromatic rings. The first-order valence-electron chi connectivity index (χ1n) is 8.55. The van der Waals surface area contributed by atoms with Crippen LogP contribution < -0.4 is 20.3 Å². The van der Waals surface area contributed by atoms with E-state index in [9.17, 15) is 18.0 Å². The lowest BCUT2D eigenvalue weighted by molar-refractivity contribution is -0.122. The van der Waals surface area contributed by atoms with Crippen LogP contribution in [0.2, 0.25) is 0 Å². The number of hydrogen-bond donors (Lipinski definition) is 1. The molecule has 0 radical (unpaired) electrons. The van der Waals surface area contributed by atoms with Gasteiger partial charge in [0, 0.05) is 26.4 Å². The second-order valence-electron chi connectivity index (χ2n) is 6.42. The van der Waals surface area contributed by atoms with Crippen LogP contribution in [0.1, 0.15) is 0 Å². The predicted octanol–water partition coefficient (Wildman–Crippen LogP) is 0.0548. The molecule has 1 N–H and O–H groups in total. The maximum absolute atomic E-state index is 12.2. The zero-order valence-electron chi connectivity index (χ0n) is 15.5. The molecule has 9 nitrogen and oxygen atoms in total. The second kappa shape index (κ2) is 8.03. The van der Waals surface area contributed by atoms with Gasteiger partial charge in [0.05, 0.1) is 11.4 Å². The average Bonchev–Trinajstić information content (AvgIpc) is 2.67. The Morgan fingerprint density at radius 2 is 1.93 bits per heavy atom. The van der Waals surface area contributed by atoms with Gasteiger partial charge < -0.3 is 19.4 Å². The molecule has 28 heavy (non-hydrogen) atoms. The van der Waals surface area contributed by atoms with Crippen molar-refractivity contribution in [1.29, 1.82) is 0 Å². The highest BCUT2D eigenvalue weighted by molar-refractivity contribution is 7.89. The fourth-order valence-corrected chi connectivity index (χ4v) is 3.52. The van der Waals surface area contributed by atoms with Crippen LogP contribution in [0.5, 0.6) is 11.5 Å². The average molecular weight is 407 g/mol. The van der Waals surface area contributed by atoms with Crippen LogP contribution in [0.25, 0.3) is 0 Å². The van der Waals surface area contributed by atoms with Gasteiger partial charge in [0.25, 0.3) is 5.56 Å². The molecule has 1 aliphatic heterocycles. The minimum Gasteiger partial charge on any atom is -0.486 e. The first-order chi connectivity index (χ1) is 13.3. The smallest absolute Gasteiger partial charge is 0.251 e. The second-order valence-corrected chi connectivity index (χ2v) is 8.57. The number of nitrogens with one attached hydrogen (secondary N) is 1. The number of hydrogen-bond acceptors (Lipinski definition) is 6. The van der Waals surface area contributed by atoms with E-state index < -0.39 is 21.5 Å². The molecular formula is C18H21N3O6S. The molecule has 1 aliphatic rings. The standard InChI is InChI=1S/C18H21N3O6S/c1-20(2)28(24,25)14-7-8-18(23)21(10-14)11-17(22)19-9-13-12-26-15-5-3-4-6-16(15)27-13/h3-8,10,13H,9,11-12H2,1-2H3,(H,19,22)/t13-/m0/s1. The number of pyridine rings is 1. The Morgan fingerprint density at radius 1 is 1.21 bits per heavy atom. The van der Waals surface area contributed by atoms with E-state index in [-0.39, 0.29) is 30.7 Å². The van der Waals surface area contributed by atoms with Crippen molar-refractivity contribution in [2.24, 2.45) is 0 Å². The fourth-order valence-electron chi connectivity index (χ4n) is 2.60. The van der Waals surface area contributed by atoms with Gasteiger partial charge in [0.15, 0.2) is 11.5 Å². The first-order valence-corrected chi connectivity index (χ1v) is 9.99. The van der Waals surface area contributed by atoms with Crippen LogP contribution in [-0.2, 0) is 21.4 Å². The molecule has 1 amide bonds. The van der Waals surface area contributed by atoms with Gasteiger partial charge >= 0.3 is 0 Å². The summed E-state index contributed by atoms with van der Waals surface area (Å²) in [4.78, 5) is 24.1. The van der Waals surface area contributed by atoms with E-state index in [0.29, 0.717) is 11.5 Å². The minimum absolute atomic E-state index is 0.0643. The van der Waals surface area contributed by atoms with Gasteiger partial charge in [-0.05, 0) is 18.2 Å². The molecule has 1 aromatic heterocycles. The molecule has 0 aliphatic carbocycles.